The predicted octanol–water partition coefficient (Wildman–Crippen LogP) is 1.80. The highest BCUT2D eigenvalue weighted by Crippen LogP contribution is 2.20. The molecule has 0 atom stereocenters. The van der Waals surface area contributed by atoms with E-state index in [-0.39, 0.29) is 0 Å². The quantitative estimate of drug-likeness (QED) is 0.807. The van der Waals surface area contributed by atoms with Gasteiger partial charge in [-0.2, -0.15) is 17.6 Å². The van der Waals surface area contributed by atoms with Crippen LogP contribution >= 0.6 is 11.3 Å². The number of hydrogen-bond acceptors (Lipinski definition) is 4. The van der Waals surface area contributed by atoms with Crippen molar-refractivity contribution in [1.29, 1.82) is 0 Å². The zero-order valence-corrected chi connectivity index (χ0v) is 9.97. The molecule has 2 heterocycles. The summed E-state index contributed by atoms with van der Waals surface area (Å²) >= 11 is 1.19. The highest BCUT2D eigenvalue weighted by atomic mass is 32.2. The van der Waals surface area contributed by atoms with Crippen LogP contribution in [0.3, 0.4) is 0 Å². The van der Waals surface area contributed by atoms with E-state index in [0.29, 0.717) is 15.6 Å². The lowest BCUT2D eigenvalue weighted by Crippen LogP contribution is -2.14. The Labute approximate surface area is 92.2 Å². The number of nitrogens with zero attached hydrogens (tertiary/aromatic N) is 2. The Hall–Kier alpha value is -1.14. The van der Waals surface area contributed by atoms with E-state index < -0.39 is 10.0 Å². The monoisotopic (exact) mass is 242 g/mol. The number of aromatic nitrogens is 2. The molecule has 2 rings (SSSR count). The van der Waals surface area contributed by atoms with E-state index in [1.165, 1.54) is 11.3 Å². The third-order valence-corrected chi connectivity index (χ3v) is 5.00. The van der Waals surface area contributed by atoms with Gasteiger partial charge >= 0.3 is 0 Å². The van der Waals surface area contributed by atoms with Crippen LogP contribution in [-0.4, -0.2) is 17.6 Å². The lowest BCUT2D eigenvalue weighted by Gasteiger charge is -2.02. The molecule has 0 spiro atoms. The van der Waals surface area contributed by atoms with Crippen LogP contribution in [0.25, 0.3) is 0 Å². The number of hydrogen-bond donors (Lipinski definition) is 0. The molecule has 0 saturated carbocycles. The molecule has 15 heavy (non-hydrogen) atoms. The van der Waals surface area contributed by atoms with Gasteiger partial charge in [0, 0.05) is 0 Å². The maximum atomic E-state index is 12.0. The Morgan fingerprint density at radius 2 is 2.13 bits per heavy atom. The van der Waals surface area contributed by atoms with Crippen LogP contribution in [-0.2, 0) is 10.0 Å². The van der Waals surface area contributed by atoms with Crippen molar-refractivity contribution >= 4 is 21.4 Å². The molecule has 0 aliphatic carbocycles. The van der Waals surface area contributed by atoms with Gasteiger partial charge in [0.1, 0.15) is 4.21 Å². The molecule has 0 aliphatic rings. The first kappa shape index (κ1) is 10.4. The van der Waals surface area contributed by atoms with Crippen LogP contribution in [0.4, 0.5) is 0 Å². The Balaban J connectivity index is 2.61. The van der Waals surface area contributed by atoms with Gasteiger partial charge in [-0.3, -0.25) is 0 Å². The molecule has 2 aromatic rings. The fourth-order valence-electron chi connectivity index (χ4n) is 1.35. The molecule has 0 aliphatic heterocycles. The van der Waals surface area contributed by atoms with Crippen LogP contribution in [0.15, 0.2) is 27.8 Å². The van der Waals surface area contributed by atoms with Crippen molar-refractivity contribution in [3.63, 3.8) is 0 Å². The summed E-state index contributed by atoms with van der Waals surface area (Å²) in [5.41, 5.74) is 1.33. The molecule has 0 unspecified atom stereocenters. The van der Waals surface area contributed by atoms with Gasteiger partial charge in [-0.15, -0.1) is 11.3 Å². The van der Waals surface area contributed by atoms with Gasteiger partial charge in [-0.25, -0.2) is 0 Å². The second-order valence-corrected chi connectivity index (χ2v) is 6.15. The first-order valence-corrected chi connectivity index (χ1v) is 6.66. The van der Waals surface area contributed by atoms with Crippen molar-refractivity contribution in [3.05, 3.63) is 35.0 Å². The highest BCUT2D eigenvalue weighted by Gasteiger charge is 2.20. The summed E-state index contributed by atoms with van der Waals surface area (Å²) < 4.78 is 25.5. The fraction of sp³-hybridized carbons (Fsp3) is 0.222. The maximum absolute atomic E-state index is 12.0. The van der Waals surface area contributed by atoms with E-state index >= 15 is 0 Å². The van der Waals surface area contributed by atoms with Gasteiger partial charge in [-0.1, -0.05) is 6.07 Å². The topological polar surface area (TPSA) is 52.0 Å². The molecule has 80 valence electrons. The molecular formula is C9H10N2O2S2. The summed E-state index contributed by atoms with van der Waals surface area (Å²) in [6.07, 6.45) is 0. The van der Waals surface area contributed by atoms with E-state index in [1.807, 2.05) is 0 Å². The molecule has 0 aromatic carbocycles. The van der Waals surface area contributed by atoms with Crippen molar-refractivity contribution in [2.24, 2.45) is 0 Å². The van der Waals surface area contributed by atoms with Gasteiger partial charge < -0.3 is 0 Å². The maximum Gasteiger partial charge on any atom is 0.292 e. The third kappa shape index (κ3) is 1.70. The van der Waals surface area contributed by atoms with Gasteiger partial charge in [0.15, 0.2) is 0 Å². The van der Waals surface area contributed by atoms with E-state index in [9.17, 15) is 8.42 Å². The largest absolute Gasteiger partial charge is 0.292 e. The molecule has 0 bridgehead atoms. The van der Waals surface area contributed by atoms with Gasteiger partial charge in [0.05, 0.1) is 11.4 Å². The summed E-state index contributed by atoms with van der Waals surface area (Å²) in [6, 6.07) is 5.03. The Morgan fingerprint density at radius 1 is 1.40 bits per heavy atom. The lowest BCUT2D eigenvalue weighted by atomic mass is 10.4. The molecular weight excluding hydrogens is 232 g/mol. The SMILES string of the molecule is Cc1cc(C)n(S(=O)(=O)c2cccs2)n1. The molecule has 2 aromatic heterocycles. The van der Waals surface area contributed by atoms with Crippen LogP contribution in [0, 0.1) is 13.8 Å². The average Bonchev–Trinajstić information content (AvgIpc) is 2.74. The standard InChI is InChI=1S/C9H10N2O2S2/c1-7-6-8(2)11(10-7)15(12,13)9-4-3-5-14-9/h3-6H,1-2H3. The minimum atomic E-state index is -3.48. The Kier molecular flexibility index (Phi) is 2.40. The van der Waals surface area contributed by atoms with E-state index in [1.54, 1.807) is 37.4 Å². The zero-order chi connectivity index (χ0) is 11.1. The Morgan fingerprint density at radius 3 is 2.60 bits per heavy atom. The van der Waals surface area contributed by atoms with Crippen molar-refractivity contribution < 1.29 is 8.42 Å². The molecule has 0 fully saturated rings. The first-order valence-electron chi connectivity index (χ1n) is 4.34. The fourth-order valence-corrected chi connectivity index (χ4v) is 3.75. The van der Waals surface area contributed by atoms with Crippen LogP contribution in [0.2, 0.25) is 0 Å². The molecule has 0 N–H and O–H groups in total. The van der Waals surface area contributed by atoms with E-state index in [4.69, 9.17) is 0 Å². The first-order chi connectivity index (χ1) is 7.01. The summed E-state index contributed by atoms with van der Waals surface area (Å²) in [5.74, 6) is 0. The zero-order valence-electron chi connectivity index (χ0n) is 8.34. The molecule has 0 amide bonds. The molecule has 0 radical (unpaired) electrons. The van der Waals surface area contributed by atoms with Crippen molar-refractivity contribution in [3.8, 4) is 0 Å². The number of rotatable bonds is 2. The highest BCUT2D eigenvalue weighted by molar-refractivity contribution is 7.91. The molecule has 0 saturated heterocycles. The Bertz CT molecular complexity index is 567. The second-order valence-electron chi connectivity index (χ2n) is 3.21. The van der Waals surface area contributed by atoms with E-state index in [2.05, 4.69) is 5.10 Å². The smallest absolute Gasteiger partial charge is 0.198 e. The molecule has 4 nitrogen and oxygen atoms in total. The number of thiophene rings is 1. The number of aryl methyl sites for hydroxylation is 2. The van der Waals surface area contributed by atoms with Gasteiger partial charge in [0.2, 0.25) is 0 Å². The second kappa shape index (κ2) is 3.46. The average molecular weight is 242 g/mol. The summed E-state index contributed by atoms with van der Waals surface area (Å²) in [4.78, 5) is 0. The van der Waals surface area contributed by atoms with Crippen molar-refractivity contribution in [1.82, 2.24) is 9.19 Å². The normalized spacial score (nSPS) is 11.9. The summed E-state index contributed by atoms with van der Waals surface area (Å²) in [6.45, 7) is 3.50. The summed E-state index contributed by atoms with van der Waals surface area (Å²) in [7, 11) is -3.48. The van der Waals surface area contributed by atoms with Crippen LogP contribution in [0.5, 0.6) is 0 Å². The van der Waals surface area contributed by atoms with Crippen molar-refractivity contribution in [2.75, 3.05) is 0 Å². The van der Waals surface area contributed by atoms with Crippen LogP contribution in [0.1, 0.15) is 11.4 Å². The van der Waals surface area contributed by atoms with Gasteiger partial charge in [-0.05, 0) is 31.4 Å². The minimum Gasteiger partial charge on any atom is -0.198 e. The summed E-state index contributed by atoms with van der Waals surface area (Å²) in [5, 5.41) is 5.71. The minimum absolute atomic E-state index is 0.314. The third-order valence-electron chi connectivity index (χ3n) is 1.95. The van der Waals surface area contributed by atoms with Crippen LogP contribution < -0.4 is 0 Å². The predicted molar refractivity (Wildman–Crippen MR) is 58.6 cm³/mol. The lowest BCUT2D eigenvalue weighted by molar-refractivity contribution is 0.580. The van der Waals surface area contributed by atoms with E-state index in [0.717, 1.165) is 4.09 Å². The van der Waals surface area contributed by atoms with Crippen molar-refractivity contribution in [2.45, 2.75) is 18.1 Å². The van der Waals surface area contributed by atoms with Gasteiger partial charge in [0.25, 0.3) is 10.0 Å². The molecule has 6 heteroatoms.